The molecule has 0 atom stereocenters. The second kappa shape index (κ2) is 7.27. The lowest BCUT2D eigenvalue weighted by Crippen LogP contribution is -2.01. The average molecular weight is 357 g/mol. The first-order valence-electron chi connectivity index (χ1n) is 7.25. The highest BCUT2D eigenvalue weighted by Gasteiger charge is 2.14. The van der Waals surface area contributed by atoms with Gasteiger partial charge in [-0.15, -0.1) is 11.3 Å². The molecule has 0 saturated carbocycles. The van der Waals surface area contributed by atoms with Crippen LogP contribution in [0.5, 0.6) is 11.5 Å². The maximum Gasteiger partial charge on any atom is 0.357 e. The van der Waals surface area contributed by atoms with Gasteiger partial charge in [-0.3, -0.25) is 4.98 Å². The lowest BCUT2D eigenvalue weighted by atomic mass is 10.1. The summed E-state index contributed by atoms with van der Waals surface area (Å²) in [4.78, 5) is 24.6. The molecule has 3 rings (SSSR count). The van der Waals surface area contributed by atoms with E-state index < -0.39 is 5.97 Å². The molecule has 0 aliphatic carbocycles. The first-order chi connectivity index (χ1) is 12.2. The molecule has 0 N–H and O–H groups in total. The summed E-state index contributed by atoms with van der Waals surface area (Å²) in [6.07, 6.45) is 3.25. The fraction of sp³-hybridized carbons (Fsp3) is 0.176. The summed E-state index contributed by atoms with van der Waals surface area (Å²) in [5.41, 5.74) is 2.32. The minimum absolute atomic E-state index is 0.251. The summed E-state index contributed by atoms with van der Waals surface area (Å²) in [5, 5.41) is 2.22. The van der Waals surface area contributed by atoms with Crippen molar-refractivity contribution in [3.05, 3.63) is 41.7 Å². The summed E-state index contributed by atoms with van der Waals surface area (Å²) < 4.78 is 15.2. The van der Waals surface area contributed by atoms with E-state index in [0.29, 0.717) is 27.9 Å². The van der Waals surface area contributed by atoms with E-state index in [9.17, 15) is 4.79 Å². The van der Waals surface area contributed by atoms with Crippen molar-refractivity contribution in [3.8, 4) is 33.5 Å². The summed E-state index contributed by atoms with van der Waals surface area (Å²) in [6.45, 7) is 0. The minimum atomic E-state index is -0.480. The zero-order chi connectivity index (χ0) is 17.8. The number of ether oxygens (including phenoxy) is 3. The van der Waals surface area contributed by atoms with E-state index in [1.54, 1.807) is 38.1 Å². The Bertz CT molecular complexity index is 910. The maximum atomic E-state index is 11.5. The zero-order valence-corrected chi connectivity index (χ0v) is 14.7. The van der Waals surface area contributed by atoms with Crippen molar-refractivity contribution in [1.82, 2.24) is 15.0 Å². The molecule has 1 aromatic carbocycles. The van der Waals surface area contributed by atoms with Crippen molar-refractivity contribution in [1.29, 1.82) is 0 Å². The molecule has 25 heavy (non-hydrogen) atoms. The van der Waals surface area contributed by atoms with Crippen molar-refractivity contribution in [2.45, 2.75) is 0 Å². The smallest absolute Gasteiger partial charge is 0.357 e. The highest BCUT2D eigenvalue weighted by molar-refractivity contribution is 7.13. The standard InChI is InChI=1S/C17H15N3O4S/c1-22-14-5-4-10(6-15(14)23-2)11-7-18-8-12(19-11)16-20-13(9-25-16)17(21)24-3/h4-9H,1-3H3. The SMILES string of the molecule is COC(=O)c1csc(-c2cncc(-c3ccc(OC)c(OC)c3)n2)n1. The van der Waals surface area contributed by atoms with Crippen LogP contribution in [0.2, 0.25) is 0 Å². The van der Waals surface area contributed by atoms with E-state index in [1.807, 2.05) is 12.1 Å². The number of hydrogen-bond donors (Lipinski definition) is 0. The van der Waals surface area contributed by atoms with E-state index in [2.05, 4.69) is 19.7 Å². The Morgan fingerprint density at radius 3 is 2.48 bits per heavy atom. The monoisotopic (exact) mass is 357 g/mol. The molecule has 0 unspecified atom stereocenters. The second-order valence-corrected chi connectivity index (χ2v) is 5.75. The number of carbonyl (C=O) groups is 1. The van der Waals surface area contributed by atoms with Gasteiger partial charge in [0.05, 0.1) is 39.4 Å². The summed E-state index contributed by atoms with van der Waals surface area (Å²) in [7, 11) is 4.48. The predicted octanol–water partition coefficient (Wildman–Crippen LogP) is 3.07. The third-order valence-electron chi connectivity index (χ3n) is 3.43. The fourth-order valence-corrected chi connectivity index (χ4v) is 2.94. The first-order valence-corrected chi connectivity index (χ1v) is 8.13. The van der Waals surface area contributed by atoms with Gasteiger partial charge >= 0.3 is 5.97 Å². The van der Waals surface area contributed by atoms with Crippen LogP contribution < -0.4 is 9.47 Å². The topological polar surface area (TPSA) is 83.4 Å². The molecular formula is C17H15N3O4S. The summed E-state index contributed by atoms with van der Waals surface area (Å²) >= 11 is 1.30. The molecule has 0 amide bonds. The summed E-state index contributed by atoms with van der Waals surface area (Å²) in [5.74, 6) is 0.763. The number of methoxy groups -OCH3 is 3. The van der Waals surface area contributed by atoms with Gasteiger partial charge in [-0.2, -0.15) is 0 Å². The Kier molecular flexibility index (Phi) is 4.90. The van der Waals surface area contributed by atoms with Gasteiger partial charge in [0.1, 0.15) is 10.7 Å². The van der Waals surface area contributed by atoms with Crippen molar-refractivity contribution < 1.29 is 19.0 Å². The molecular weight excluding hydrogens is 342 g/mol. The van der Waals surface area contributed by atoms with Crippen LogP contribution in [0.15, 0.2) is 36.0 Å². The zero-order valence-electron chi connectivity index (χ0n) is 13.8. The van der Waals surface area contributed by atoms with Crippen LogP contribution in [0.1, 0.15) is 10.5 Å². The van der Waals surface area contributed by atoms with Gasteiger partial charge < -0.3 is 14.2 Å². The second-order valence-electron chi connectivity index (χ2n) is 4.89. The molecule has 0 radical (unpaired) electrons. The Morgan fingerprint density at radius 1 is 1.00 bits per heavy atom. The Labute approximate surface area is 148 Å². The molecule has 8 heteroatoms. The molecule has 0 aliphatic rings. The number of esters is 1. The lowest BCUT2D eigenvalue weighted by Gasteiger charge is -2.09. The number of nitrogens with zero attached hydrogens (tertiary/aromatic N) is 3. The van der Waals surface area contributed by atoms with Gasteiger partial charge in [0.25, 0.3) is 0 Å². The fourth-order valence-electron chi connectivity index (χ4n) is 2.19. The molecule has 0 aliphatic heterocycles. The van der Waals surface area contributed by atoms with Crippen LogP contribution in [0.3, 0.4) is 0 Å². The van der Waals surface area contributed by atoms with Crippen LogP contribution in [0.4, 0.5) is 0 Å². The van der Waals surface area contributed by atoms with Crippen LogP contribution in [0, 0.1) is 0 Å². The predicted molar refractivity (Wildman–Crippen MR) is 93.0 cm³/mol. The van der Waals surface area contributed by atoms with Crippen LogP contribution in [-0.4, -0.2) is 42.3 Å². The molecule has 0 fully saturated rings. The molecule has 128 valence electrons. The molecule has 3 aromatic rings. The quantitative estimate of drug-likeness (QED) is 0.649. The lowest BCUT2D eigenvalue weighted by molar-refractivity contribution is 0.0595. The van der Waals surface area contributed by atoms with Crippen molar-refractivity contribution in [2.75, 3.05) is 21.3 Å². The number of hydrogen-bond acceptors (Lipinski definition) is 8. The van der Waals surface area contributed by atoms with E-state index in [4.69, 9.17) is 9.47 Å². The van der Waals surface area contributed by atoms with Crippen LogP contribution >= 0.6 is 11.3 Å². The van der Waals surface area contributed by atoms with Crippen LogP contribution in [0.25, 0.3) is 22.0 Å². The normalized spacial score (nSPS) is 10.4. The van der Waals surface area contributed by atoms with Gasteiger partial charge in [0, 0.05) is 10.9 Å². The molecule has 2 aromatic heterocycles. The highest BCUT2D eigenvalue weighted by atomic mass is 32.1. The van der Waals surface area contributed by atoms with E-state index in [0.717, 1.165) is 5.56 Å². The molecule has 7 nitrogen and oxygen atoms in total. The Hall–Kier alpha value is -3.00. The van der Waals surface area contributed by atoms with Crippen molar-refractivity contribution in [2.24, 2.45) is 0 Å². The largest absolute Gasteiger partial charge is 0.493 e. The summed E-state index contributed by atoms with van der Waals surface area (Å²) in [6, 6.07) is 5.51. The number of carbonyl (C=O) groups excluding carboxylic acids is 1. The molecule has 0 bridgehead atoms. The molecule has 0 spiro atoms. The van der Waals surface area contributed by atoms with Crippen molar-refractivity contribution in [3.63, 3.8) is 0 Å². The van der Waals surface area contributed by atoms with Gasteiger partial charge in [0.2, 0.25) is 0 Å². The van der Waals surface area contributed by atoms with Gasteiger partial charge in [-0.05, 0) is 18.2 Å². The molecule has 2 heterocycles. The average Bonchev–Trinajstić information content (AvgIpc) is 3.17. The number of aromatic nitrogens is 3. The van der Waals surface area contributed by atoms with Crippen LogP contribution in [-0.2, 0) is 4.74 Å². The number of thiazole rings is 1. The first kappa shape index (κ1) is 16.8. The number of benzene rings is 1. The molecule has 0 saturated heterocycles. The minimum Gasteiger partial charge on any atom is -0.493 e. The highest BCUT2D eigenvalue weighted by Crippen LogP contribution is 2.32. The van der Waals surface area contributed by atoms with Gasteiger partial charge in [0.15, 0.2) is 17.2 Å². The number of rotatable bonds is 5. The van der Waals surface area contributed by atoms with Gasteiger partial charge in [-0.25, -0.2) is 14.8 Å². The third-order valence-corrected chi connectivity index (χ3v) is 4.30. The maximum absolute atomic E-state index is 11.5. The van der Waals surface area contributed by atoms with E-state index >= 15 is 0 Å². The van der Waals surface area contributed by atoms with E-state index in [-0.39, 0.29) is 5.69 Å². The van der Waals surface area contributed by atoms with Gasteiger partial charge in [-0.1, -0.05) is 0 Å². The Morgan fingerprint density at radius 2 is 1.76 bits per heavy atom. The van der Waals surface area contributed by atoms with E-state index in [1.165, 1.54) is 18.4 Å². The Balaban J connectivity index is 1.97. The third kappa shape index (κ3) is 3.43. The van der Waals surface area contributed by atoms with Crippen molar-refractivity contribution >= 4 is 17.3 Å².